The zero-order chi connectivity index (χ0) is 26.3. The van der Waals surface area contributed by atoms with E-state index in [2.05, 4.69) is 93.8 Å². The monoisotopic (exact) mass is 497 g/mol. The molecule has 0 radical (unpaired) electrons. The van der Waals surface area contributed by atoms with Gasteiger partial charge in [-0.3, -0.25) is 4.98 Å². The van der Waals surface area contributed by atoms with E-state index in [1.807, 2.05) is 7.11 Å². The van der Waals surface area contributed by atoms with Crippen molar-refractivity contribution in [3.8, 4) is 11.3 Å². The number of methoxy groups -OCH3 is 1. The maximum Gasteiger partial charge on any atom is 0.0944 e. The summed E-state index contributed by atoms with van der Waals surface area (Å²) >= 11 is 0. The quantitative estimate of drug-likeness (QED) is 0.368. The maximum atomic E-state index is 5.74. The third-order valence-corrected chi connectivity index (χ3v) is 8.58. The Morgan fingerprint density at radius 1 is 0.946 bits per heavy atom. The molecule has 1 aromatic heterocycles. The minimum absolute atomic E-state index is 0.340. The molecule has 3 aromatic rings. The second-order valence-electron chi connectivity index (χ2n) is 11.5. The Kier molecular flexibility index (Phi) is 7.31. The molecule has 2 aliphatic heterocycles. The normalized spacial score (nSPS) is 19.9. The van der Waals surface area contributed by atoms with Crippen LogP contribution in [0.2, 0.25) is 0 Å². The SMILES string of the molecule is CO[C@@H]1CCN(c2cc3c(nc2-c2c(C)cccc2C)CCN(c2cc(C(C)C)ccc2C)C3)[C@H](C)C1. The van der Waals surface area contributed by atoms with Gasteiger partial charge in [-0.15, -0.1) is 0 Å². The van der Waals surface area contributed by atoms with Gasteiger partial charge in [0.1, 0.15) is 0 Å². The largest absolute Gasteiger partial charge is 0.381 e. The Morgan fingerprint density at radius 3 is 2.38 bits per heavy atom. The van der Waals surface area contributed by atoms with Gasteiger partial charge in [0.05, 0.1) is 17.5 Å². The van der Waals surface area contributed by atoms with Crippen LogP contribution < -0.4 is 9.80 Å². The van der Waals surface area contributed by atoms with E-state index in [1.165, 1.54) is 50.4 Å². The van der Waals surface area contributed by atoms with Crippen LogP contribution in [-0.4, -0.2) is 37.3 Å². The Labute approximate surface area is 223 Å². The van der Waals surface area contributed by atoms with Crippen LogP contribution in [0.1, 0.15) is 73.0 Å². The van der Waals surface area contributed by atoms with Crippen LogP contribution in [0.4, 0.5) is 11.4 Å². The van der Waals surface area contributed by atoms with E-state index < -0.39 is 0 Å². The van der Waals surface area contributed by atoms with Gasteiger partial charge in [-0.05, 0) is 86.4 Å². The molecule has 5 rings (SSSR count). The lowest BCUT2D eigenvalue weighted by molar-refractivity contribution is 0.0721. The summed E-state index contributed by atoms with van der Waals surface area (Å²) in [5, 5.41) is 0. The number of aryl methyl sites for hydroxylation is 3. The number of fused-ring (bicyclic) bond motifs is 1. The van der Waals surface area contributed by atoms with Crippen LogP contribution in [0.15, 0.2) is 42.5 Å². The summed E-state index contributed by atoms with van der Waals surface area (Å²) in [4.78, 5) is 10.6. The van der Waals surface area contributed by atoms with E-state index >= 15 is 0 Å². The van der Waals surface area contributed by atoms with Gasteiger partial charge in [0.15, 0.2) is 0 Å². The van der Waals surface area contributed by atoms with E-state index in [0.717, 1.165) is 44.6 Å². The molecule has 0 bridgehead atoms. The van der Waals surface area contributed by atoms with Crippen LogP contribution in [0.25, 0.3) is 11.3 Å². The van der Waals surface area contributed by atoms with E-state index in [4.69, 9.17) is 9.72 Å². The lowest BCUT2D eigenvalue weighted by atomic mass is 9.93. The number of nitrogens with zero attached hydrogens (tertiary/aromatic N) is 3. The number of piperidine rings is 1. The van der Waals surface area contributed by atoms with Gasteiger partial charge in [-0.2, -0.15) is 0 Å². The Hall–Kier alpha value is -2.85. The summed E-state index contributed by atoms with van der Waals surface area (Å²) in [5.41, 5.74) is 13.1. The smallest absolute Gasteiger partial charge is 0.0944 e. The number of rotatable bonds is 5. The molecule has 4 nitrogen and oxygen atoms in total. The molecule has 4 heteroatoms. The lowest BCUT2D eigenvalue weighted by Crippen LogP contribution is -2.44. The number of hydrogen-bond donors (Lipinski definition) is 0. The van der Waals surface area contributed by atoms with Gasteiger partial charge in [0.25, 0.3) is 0 Å². The van der Waals surface area contributed by atoms with Crippen molar-refractivity contribution in [1.82, 2.24) is 4.98 Å². The molecule has 1 saturated heterocycles. The Balaban J connectivity index is 1.58. The van der Waals surface area contributed by atoms with E-state index in [0.29, 0.717) is 18.1 Å². The highest BCUT2D eigenvalue weighted by molar-refractivity contribution is 5.81. The summed E-state index contributed by atoms with van der Waals surface area (Å²) in [6.45, 7) is 16.5. The first kappa shape index (κ1) is 25.8. The second-order valence-corrected chi connectivity index (χ2v) is 11.5. The molecule has 0 spiro atoms. The number of hydrogen-bond acceptors (Lipinski definition) is 4. The number of aromatic nitrogens is 1. The van der Waals surface area contributed by atoms with Gasteiger partial charge in [0, 0.05) is 56.2 Å². The second kappa shape index (κ2) is 10.5. The standard InChI is InChI=1S/C33H43N3O/c1-21(2)26-12-11-22(3)30(18-26)35-15-14-29-27(20-35)19-31(36-16-13-28(37-7)17-25(36)6)33(34-29)32-23(4)9-8-10-24(32)5/h8-12,18-19,21,25,28H,13-17,20H2,1-7H3/t25-,28-/m1/s1. The molecular formula is C33H43N3O. The Bertz CT molecular complexity index is 1260. The van der Waals surface area contributed by atoms with Crippen LogP contribution in [0.3, 0.4) is 0 Å². The number of benzene rings is 2. The lowest BCUT2D eigenvalue weighted by Gasteiger charge is -2.40. The molecule has 0 unspecified atom stereocenters. The first-order valence-corrected chi connectivity index (χ1v) is 14.0. The van der Waals surface area contributed by atoms with Crippen molar-refractivity contribution in [3.63, 3.8) is 0 Å². The molecular weight excluding hydrogens is 454 g/mol. The topological polar surface area (TPSA) is 28.6 Å². The minimum Gasteiger partial charge on any atom is -0.381 e. The van der Waals surface area contributed by atoms with Crippen molar-refractivity contribution in [3.05, 3.63) is 76.0 Å². The molecule has 0 N–H and O–H groups in total. The Morgan fingerprint density at radius 2 is 1.70 bits per heavy atom. The molecule has 2 aromatic carbocycles. The molecule has 0 aliphatic carbocycles. The highest BCUT2D eigenvalue weighted by atomic mass is 16.5. The zero-order valence-electron chi connectivity index (χ0n) is 23.8. The molecule has 37 heavy (non-hydrogen) atoms. The predicted molar refractivity (Wildman–Crippen MR) is 156 cm³/mol. The van der Waals surface area contributed by atoms with Crippen molar-refractivity contribution in [2.45, 2.75) is 85.4 Å². The fraction of sp³-hybridized carbons (Fsp3) is 0.485. The molecule has 2 aliphatic rings. The van der Waals surface area contributed by atoms with Crippen molar-refractivity contribution < 1.29 is 4.74 Å². The third kappa shape index (κ3) is 5.01. The van der Waals surface area contributed by atoms with E-state index in [-0.39, 0.29) is 0 Å². The van der Waals surface area contributed by atoms with Gasteiger partial charge >= 0.3 is 0 Å². The zero-order valence-corrected chi connectivity index (χ0v) is 23.8. The first-order valence-electron chi connectivity index (χ1n) is 14.0. The fourth-order valence-electron chi connectivity index (χ4n) is 6.28. The molecule has 0 amide bonds. The van der Waals surface area contributed by atoms with Gasteiger partial charge < -0.3 is 14.5 Å². The summed E-state index contributed by atoms with van der Waals surface area (Å²) < 4.78 is 5.74. The number of pyridine rings is 1. The third-order valence-electron chi connectivity index (χ3n) is 8.58. The van der Waals surface area contributed by atoms with Crippen LogP contribution in [0.5, 0.6) is 0 Å². The molecule has 196 valence electrons. The van der Waals surface area contributed by atoms with Crippen molar-refractivity contribution in [1.29, 1.82) is 0 Å². The van der Waals surface area contributed by atoms with Crippen LogP contribution in [0, 0.1) is 20.8 Å². The van der Waals surface area contributed by atoms with E-state index in [9.17, 15) is 0 Å². The van der Waals surface area contributed by atoms with E-state index in [1.54, 1.807) is 0 Å². The summed E-state index contributed by atoms with van der Waals surface area (Å²) in [6.07, 6.45) is 3.41. The fourth-order valence-corrected chi connectivity index (χ4v) is 6.28. The number of anilines is 2. The van der Waals surface area contributed by atoms with Gasteiger partial charge in [0.2, 0.25) is 0 Å². The van der Waals surface area contributed by atoms with Crippen LogP contribution in [-0.2, 0) is 17.7 Å². The van der Waals surface area contributed by atoms with Crippen molar-refractivity contribution >= 4 is 11.4 Å². The predicted octanol–water partition coefficient (Wildman–Crippen LogP) is 7.36. The van der Waals surface area contributed by atoms with Gasteiger partial charge in [-0.1, -0.05) is 44.2 Å². The van der Waals surface area contributed by atoms with Crippen LogP contribution >= 0.6 is 0 Å². The molecule has 0 saturated carbocycles. The van der Waals surface area contributed by atoms with Gasteiger partial charge in [-0.25, -0.2) is 0 Å². The maximum absolute atomic E-state index is 5.74. The summed E-state index contributed by atoms with van der Waals surface area (Å²) in [5.74, 6) is 0.529. The average molecular weight is 498 g/mol. The minimum atomic E-state index is 0.340. The molecule has 1 fully saturated rings. The first-order chi connectivity index (χ1) is 17.8. The molecule has 2 atom stereocenters. The van der Waals surface area contributed by atoms with Crippen molar-refractivity contribution in [2.24, 2.45) is 0 Å². The van der Waals surface area contributed by atoms with Crippen molar-refractivity contribution in [2.75, 3.05) is 30.0 Å². The average Bonchev–Trinajstić information content (AvgIpc) is 2.88. The highest BCUT2D eigenvalue weighted by Crippen LogP contribution is 2.40. The summed E-state index contributed by atoms with van der Waals surface area (Å²) in [7, 11) is 1.85. The molecule has 3 heterocycles. The summed E-state index contributed by atoms with van der Waals surface area (Å²) in [6, 6.07) is 16.5. The highest BCUT2D eigenvalue weighted by Gasteiger charge is 2.30. The number of ether oxygens (including phenoxy) is 1.